The maximum absolute atomic E-state index is 13.4. The van der Waals surface area contributed by atoms with Crippen LogP contribution in [0, 0.1) is 5.92 Å². The Morgan fingerprint density at radius 1 is 0.972 bits per heavy atom. The molecular weight excluding hydrogens is 458 g/mol. The number of nitrogens with zero attached hydrogens (tertiary/aromatic N) is 1. The number of carbonyl (C=O) groups excluding carboxylic acids is 3. The van der Waals surface area contributed by atoms with Crippen LogP contribution in [-0.4, -0.2) is 54.5 Å². The molecule has 0 radical (unpaired) electrons. The van der Waals surface area contributed by atoms with E-state index in [9.17, 15) is 14.4 Å². The van der Waals surface area contributed by atoms with Crippen LogP contribution in [0.25, 0.3) is 0 Å². The van der Waals surface area contributed by atoms with Crippen molar-refractivity contribution in [1.82, 2.24) is 4.90 Å². The number of ether oxygens (including phenoxy) is 2. The van der Waals surface area contributed by atoms with E-state index in [1.165, 1.54) is 0 Å². The summed E-state index contributed by atoms with van der Waals surface area (Å²) in [6.07, 6.45) is 5.06. The quantitative estimate of drug-likeness (QED) is 0.653. The van der Waals surface area contributed by atoms with Gasteiger partial charge in [-0.3, -0.25) is 14.4 Å². The largest absolute Gasteiger partial charge is 0.490 e. The minimum absolute atomic E-state index is 0.0168. The highest BCUT2D eigenvalue weighted by Crippen LogP contribution is 2.33. The van der Waals surface area contributed by atoms with Crippen LogP contribution in [0.1, 0.15) is 55.3 Å². The molecule has 2 heterocycles. The van der Waals surface area contributed by atoms with Crippen molar-refractivity contribution in [3.05, 3.63) is 54.1 Å². The highest BCUT2D eigenvalue weighted by Gasteiger charge is 2.39. The summed E-state index contributed by atoms with van der Waals surface area (Å²) in [4.78, 5) is 40.2. The minimum Gasteiger partial charge on any atom is -0.490 e. The summed E-state index contributed by atoms with van der Waals surface area (Å²) in [5.41, 5.74) is 1.80. The lowest BCUT2D eigenvalue weighted by Crippen LogP contribution is -2.53. The van der Waals surface area contributed by atoms with Gasteiger partial charge >= 0.3 is 0 Å². The first-order valence-corrected chi connectivity index (χ1v) is 12.8. The standard InChI is InChI=1S/C28H33N3O5/c1-31-23-13-12-21(16-26(32)29-19-9-3-2-4-10-19)36-25(23)17-35-24-14-11-20(15-22(24)28(31)34)30-27(33)18-7-5-6-8-18/h2-4,9-11,14-15,18,21,23,25H,5-8,12-13,16-17H2,1H3,(H,29,32)(H,30,33)/t21-,23-,25-/m0/s1. The summed E-state index contributed by atoms with van der Waals surface area (Å²) < 4.78 is 12.3. The number of anilines is 2. The fourth-order valence-corrected chi connectivity index (χ4v) is 5.48. The Morgan fingerprint density at radius 3 is 2.53 bits per heavy atom. The Kier molecular flexibility index (Phi) is 7.23. The van der Waals surface area contributed by atoms with Crippen molar-refractivity contribution in [3.63, 3.8) is 0 Å². The lowest BCUT2D eigenvalue weighted by molar-refractivity contribution is -0.130. The van der Waals surface area contributed by atoms with Crippen LogP contribution in [0.2, 0.25) is 0 Å². The van der Waals surface area contributed by atoms with Crippen LogP contribution < -0.4 is 15.4 Å². The molecule has 0 bridgehead atoms. The third kappa shape index (κ3) is 5.38. The average Bonchev–Trinajstić information content (AvgIpc) is 3.42. The van der Waals surface area contributed by atoms with Gasteiger partial charge in [0.15, 0.2) is 0 Å². The van der Waals surface area contributed by atoms with Gasteiger partial charge in [-0.05, 0) is 56.0 Å². The first-order chi connectivity index (χ1) is 17.5. The van der Waals surface area contributed by atoms with Gasteiger partial charge in [-0.2, -0.15) is 0 Å². The number of hydrogen-bond donors (Lipinski definition) is 2. The van der Waals surface area contributed by atoms with Crippen molar-refractivity contribution >= 4 is 29.1 Å². The fourth-order valence-electron chi connectivity index (χ4n) is 5.48. The number of carbonyl (C=O) groups is 3. The number of benzene rings is 2. The molecule has 2 fully saturated rings. The summed E-state index contributed by atoms with van der Waals surface area (Å²) in [6.45, 7) is 0.278. The number of hydrogen-bond acceptors (Lipinski definition) is 5. The highest BCUT2D eigenvalue weighted by molar-refractivity contribution is 6.00. The van der Waals surface area contributed by atoms with Crippen LogP contribution in [0.5, 0.6) is 5.75 Å². The summed E-state index contributed by atoms with van der Waals surface area (Å²) in [6, 6.07) is 14.4. The predicted molar refractivity (Wildman–Crippen MR) is 136 cm³/mol. The zero-order valence-electron chi connectivity index (χ0n) is 20.6. The van der Waals surface area contributed by atoms with Crippen LogP contribution in [0.3, 0.4) is 0 Å². The molecule has 2 N–H and O–H groups in total. The molecule has 2 aromatic carbocycles. The van der Waals surface area contributed by atoms with Gasteiger partial charge in [0.1, 0.15) is 18.5 Å². The topological polar surface area (TPSA) is 97.0 Å². The lowest BCUT2D eigenvalue weighted by Gasteiger charge is -2.42. The fraction of sp³-hybridized carbons (Fsp3) is 0.464. The zero-order valence-corrected chi connectivity index (χ0v) is 20.6. The molecule has 1 saturated heterocycles. The van der Waals surface area contributed by atoms with E-state index in [4.69, 9.17) is 9.47 Å². The smallest absolute Gasteiger partial charge is 0.257 e. The Balaban J connectivity index is 1.24. The average molecular weight is 492 g/mol. The predicted octanol–water partition coefficient (Wildman–Crippen LogP) is 4.22. The van der Waals surface area contributed by atoms with Crippen molar-refractivity contribution in [2.24, 2.45) is 5.92 Å². The minimum atomic E-state index is -0.336. The molecule has 3 aliphatic rings. The molecule has 2 aliphatic heterocycles. The van der Waals surface area contributed by atoms with Gasteiger partial charge in [0.2, 0.25) is 11.8 Å². The lowest BCUT2D eigenvalue weighted by atomic mass is 9.94. The second-order valence-corrected chi connectivity index (χ2v) is 9.97. The van der Waals surface area contributed by atoms with E-state index in [1.807, 2.05) is 30.3 Å². The molecule has 0 unspecified atom stereocenters. The van der Waals surface area contributed by atoms with Crippen molar-refractivity contribution in [2.45, 2.75) is 63.2 Å². The van der Waals surface area contributed by atoms with Gasteiger partial charge in [0.25, 0.3) is 5.91 Å². The molecule has 0 spiro atoms. The first kappa shape index (κ1) is 24.3. The summed E-state index contributed by atoms with van der Waals surface area (Å²) in [5.74, 6) is 0.267. The Labute approximate surface area is 211 Å². The van der Waals surface area contributed by atoms with Gasteiger partial charge in [-0.15, -0.1) is 0 Å². The van der Waals surface area contributed by atoms with E-state index in [-0.39, 0.29) is 54.9 Å². The number of para-hydroxylation sites is 1. The third-order valence-corrected chi connectivity index (χ3v) is 7.48. The van der Waals surface area contributed by atoms with Gasteiger partial charge < -0.3 is 25.0 Å². The Bertz CT molecular complexity index is 1120. The monoisotopic (exact) mass is 491 g/mol. The van der Waals surface area contributed by atoms with Crippen LogP contribution >= 0.6 is 0 Å². The van der Waals surface area contributed by atoms with Crippen LogP contribution in [0.15, 0.2) is 48.5 Å². The maximum Gasteiger partial charge on any atom is 0.257 e. The third-order valence-electron chi connectivity index (χ3n) is 7.48. The molecule has 190 valence electrons. The first-order valence-electron chi connectivity index (χ1n) is 12.8. The van der Waals surface area contributed by atoms with E-state index in [2.05, 4.69) is 10.6 Å². The molecule has 1 aliphatic carbocycles. The molecule has 8 heteroatoms. The number of likely N-dealkylation sites (N-methyl/N-ethyl adjacent to an activating group) is 1. The number of amides is 3. The summed E-state index contributed by atoms with van der Waals surface area (Å²) in [5, 5.41) is 5.88. The molecular formula is C28H33N3O5. The van der Waals surface area contributed by atoms with Crippen molar-refractivity contribution in [3.8, 4) is 5.75 Å². The number of fused-ring (bicyclic) bond motifs is 2. The van der Waals surface area contributed by atoms with E-state index < -0.39 is 0 Å². The van der Waals surface area contributed by atoms with E-state index in [0.29, 0.717) is 29.8 Å². The Hall–Kier alpha value is -3.39. The van der Waals surface area contributed by atoms with Crippen molar-refractivity contribution < 1.29 is 23.9 Å². The van der Waals surface area contributed by atoms with Gasteiger partial charge in [-0.25, -0.2) is 0 Å². The van der Waals surface area contributed by atoms with E-state index >= 15 is 0 Å². The molecule has 3 atom stereocenters. The molecule has 1 saturated carbocycles. The SMILES string of the molecule is CN1C(=O)c2cc(NC(=O)C3CCCC3)ccc2OC[C@@H]2O[C@H](CC(=O)Nc3ccccc3)CC[C@@H]21. The second-order valence-electron chi connectivity index (χ2n) is 9.97. The van der Waals surface area contributed by atoms with Crippen molar-refractivity contribution in [1.29, 1.82) is 0 Å². The van der Waals surface area contributed by atoms with Gasteiger partial charge in [0, 0.05) is 24.3 Å². The van der Waals surface area contributed by atoms with Gasteiger partial charge in [-0.1, -0.05) is 31.0 Å². The summed E-state index contributed by atoms with van der Waals surface area (Å²) in [7, 11) is 1.78. The maximum atomic E-state index is 13.4. The zero-order chi connectivity index (χ0) is 25.1. The summed E-state index contributed by atoms with van der Waals surface area (Å²) >= 11 is 0. The van der Waals surface area contributed by atoms with Gasteiger partial charge in [0.05, 0.1) is 24.1 Å². The number of nitrogens with one attached hydrogen (secondary N) is 2. The molecule has 0 aromatic heterocycles. The molecule has 5 rings (SSSR count). The second kappa shape index (κ2) is 10.7. The number of rotatable bonds is 5. The molecule has 36 heavy (non-hydrogen) atoms. The van der Waals surface area contributed by atoms with Crippen molar-refractivity contribution in [2.75, 3.05) is 24.3 Å². The van der Waals surface area contributed by atoms with Crippen LogP contribution in [0.4, 0.5) is 11.4 Å². The molecule has 2 aromatic rings. The normalized spacial score (nSPS) is 24.1. The molecule has 8 nitrogen and oxygen atoms in total. The van der Waals surface area contributed by atoms with Crippen LogP contribution in [-0.2, 0) is 14.3 Å². The highest BCUT2D eigenvalue weighted by atomic mass is 16.5. The van der Waals surface area contributed by atoms with E-state index in [1.54, 1.807) is 30.1 Å². The van der Waals surface area contributed by atoms with E-state index in [0.717, 1.165) is 31.4 Å². The Morgan fingerprint density at radius 2 is 1.75 bits per heavy atom. The molecule has 3 amide bonds.